The molecule has 5 rings (SSSR count). The van der Waals surface area contributed by atoms with Crippen LogP contribution in [0.2, 0.25) is 0 Å². The maximum Gasteiger partial charge on any atom is 0.341 e. The van der Waals surface area contributed by atoms with E-state index < -0.39 is 29.4 Å². The lowest BCUT2D eigenvalue weighted by Gasteiger charge is -2.37. The molecular formula is C23H22F3N9O2. The van der Waals surface area contributed by atoms with Crippen LogP contribution in [0.25, 0.3) is 11.3 Å². The Hall–Kier alpha value is -4.49. The van der Waals surface area contributed by atoms with Crippen molar-refractivity contribution in [2.45, 2.75) is 19.0 Å². The topological polar surface area (TPSA) is 126 Å². The van der Waals surface area contributed by atoms with Gasteiger partial charge in [0.1, 0.15) is 23.9 Å². The van der Waals surface area contributed by atoms with Gasteiger partial charge in [0, 0.05) is 56.6 Å². The summed E-state index contributed by atoms with van der Waals surface area (Å²) in [6.07, 6.45) is 5.79. The Labute approximate surface area is 209 Å². The number of anilines is 1. The Morgan fingerprint density at radius 3 is 2.46 bits per heavy atom. The number of hydrazone groups is 1. The van der Waals surface area contributed by atoms with Crippen molar-refractivity contribution >= 4 is 24.1 Å². The minimum absolute atomic E-state index is 0.0239. The first-order chi connectivity index (χ1) is 17.8. The predicted octanol–water partition coefficient (Wildman–Crippen LogP) is 1.92. The Bertz CT molecular complexity index is 1350. The molecule has 0 spiro atoms. The van der Waals surface area contributed by atoms with Gasteiger partial charge in [0.2, 0.25) is 11.9 Å². The second-order valence-corrected chi connectivity index (χ2v) is 8.61. The van der Waals surface area contributed by atoms with Crippen LogP contribution in [0.1, 0.15) is 18.0 Å². The Balaban J connectivity index is 1.26. The molecule has 1 fully saturated rings. The molecule has 2 N–H and O–H groups in total. The van der Waals surface area contributed by atoms with Crippen LogP contribution in [-0.2, 0) is 11.3 Å². The second kappa shape index (κ2) is 9.87. The smallest absolute Gasteiger partial charge is 0.341 e. The molecule has 1 saturated heterocycles. The number of primary amides is 1. The summed E-state index contributed by atoms with van der Waals surface area (Å²) in [6.45, 7) is 1.21. The molecule has 1 atom stereocenters. The first-order valence-electron chi connectivity index (χ1n) is 11.4. The number of rotatable bonds is 5. The van der Waals surface area contributed by atoms with E-state index in [0.29, 0.717) is 43.7 Å². The number of hydrogen-bond donors (Lipinski definition) is 1. The summed E-state index contributed by atoms with van der Waals surface area (Å²) in [6, 6.07) is 2.18. The van der Waals surface area contributed by atoms with Gasteiger partial charge in [0.15, 0.2) is 5.82 Å². The van der Waals surface area contributed by atoms with Crippen LogP contribution < -0.4 is 10.6 Å². The Kier molecular flexibility index (Phi) is 6.46. The first kappa shape index (κ1) is 24.2. The fourth-order valence-corrected chi connectivity index (χ4v) is 4.33. The standard InChI is InChI=1S/C23H22F3N9O2/c24-16-7-14(8-17(25)9-16)19-1-2-29-35(19)23(37)33-5-3-32(4-6-33)22-28-11-18(26)21(31-22)15-10-30-34(12-15)13-20(27)36/h2,7-12,19H,1,3-6,13H2,(H2,27,36). The van der Waals surface area contributed by atoms with Crippen molar-refractivity contribution in [2.75, 3.05) is 31.1 Å². The maximum atomic E-state index is 14.5. The quantitative estimate of drug-likeness (QED) is 0.556. The van der Waals surface area contributed by atoms with Gasteiger partial charge in [-0.3, -0.25) is 9.48 Å². The van der Waals surface area contributed by atoms with Crippen LogP contribution in [0.5, 0.6) is 0 Å². The van der Waals surface area contributed by atoms with E-state index in [1.54, 1.807) is 11.1 Å². The highest BCUT2D eigenvalue weighted by Crippen LogP contribution is 2.31. The largest absolute Gasteiger partial charge is 0.368 e. The molecule has 2 aliphatic rings. The summed E-state index contributed by atoms with van der Waals surface area (Å²) < 4.78 is 43.2. The van der Waals surface area contributed by atoms with Crippen molar-refractivity contribution in [3.8, 4) is 11.3 Å². The third kappa shape index (κ3) is 5.08. The summed E-state index contributed by atoms with van der Waals surface area (Å²) in [5.41, 5.74) is 5.89. The van der Waals surface area contributed by atoms with Crippen LogP contribution in [0.4, 0.5) is 23.9 Å². The van der Waals surface area contributed by atoms with E-state index in [1.165, 1.54) is 34.2 Å². The Morgan fingerprint density at radius 2 is 1.76 bits per heavy atom. The van der Waals surface area contributed by atoms with Gasteiger partial charge < -0.3 is 15.5 Å². The molecule has 1 aromatic carbocycles. The molecular weight excluding hydrogens is 491 g/mol. The minimum Gasteiger partial charge on any atom is -0.368 e. The van der Waals surface area contributed by atoms with E-state index in [9.17, 15) is 22.8 Å². The van der Waals surface area contributed by atoms with E-state index in [0.717, 1.165) is 12.3 Å². The average Bonchev–Trinajstić information content (AvgIpc) is 3.53. The van der Waals surface area contributed by atoms with Crippen molar-refractivity contribution in [1.29, 1.82) is 0 Å². The van der Waals surface area contributed by atoms with Crippen molar-refractivity contribution in [3.63, 3.8) is 0 Å². The zero-order valence-electron chi connectivity index (χ0n) is 19.5. The molecule has 3 amide bonds. The zero-order valence-corrected chi connectivity index (χ0v) is 19.5. The number of amides is 3. The van der Waals surface area contributed by atoms with Gasteiger partial charge in [-0.15, -0.1) is 0 Å². The van der Waals surface area contributed by atoms with Crippen molar-refractivity contribution in [1.82, 2.24) is 29.7 Å². The van der Waals surface area contributed by atoms with Crippen molar-refractivity contribution < 1.29 is 22.8 Å². The molecule has 4 heterocycles. The third-order valence-electron chi connectivity index (χ3n) is 6.08. The zero-order chi connectivity index (χ0) is 26.1. The van der Waals surface area contributed by atoms with Gasteiger partial charge in [0.25, 0.3) is 0 Å². The number of benzene rings is 1. The van der Waals surface area contributed by atoms with Crippen LogP contribution in [-0.4, -0.2) is 74.0 Å². The highest BCUT2D eigenvalue weighted by atomic mass is 19.1. The molecule has 0 radical (unpaired) electrons. The van der Waals surface area contributed by atoms with Crippen molar-refractivity contribution in [3.05, 3.63) is 59.8 Å². The number of nitrogens with two attached hydrogens (primary N) is 1. The van der Waals surface area contributed by atoms with E-state index in [2.05, 4.69) is 20.2 Å². The summed E-state index contributed by atoms with van der Waals surface area (Å²) in [4.78, 5) is 36.1. The van der Waals surface area contributed by atoms with Crippen LogP contribution >= 0.6 is 0 Å². The molecule has 2 aliphatic heterocycles. The van der Waals surface area contributed by atoms with Gasteiger partial charge >= 0.3 is 6.03 Å². The van der Waals surface area contributed by atoms with Gasteiger partial charge in [-0.1, -0.05) is 0 Å². The fraction of sp³-hybridized carbons (Fsp3) is 0.304. The molecule has 11 nitrogen and oxygen atoms in total. The number of carbonyl (C=O) groups excluding carboxylic acids is 2. The van der Waals surface area contributed by atoms with Crippen LogP contribution in [0.3, 0.4) is 0 Å². The van der Waals surface area contributed by atoms with E-state index in [1.807, 2.05) is 4.90 Å². The summed E-state index contributed by atoms with van der Waals surface area (Å²) >= 11 is 0. The molecule has 3 aromatic rings. The number of halogens is 3. The van der Waals surface area contributed by atoms with Gasteiger partial charge in [-0.25, -0.2) is 32.9 Å². The molecule has 0 bridgehead atoms. The summed E-state index contributed by atoms with van der Waals surface area (Å²) in [5.74, 6) is -2.40. The van der Waals surface area contributed by atoms with Gasteiger partial charge in [-0.2, -0.15) is 10.2 Å². The summed E-state index contributed by atoms with van der Waals surface area (Å²) in [7, 11) is 0. The van der Waals surface area contributed by atoms with Crippen LogP contribution in [0.15, 0.2) is 41.9 Å². The minimum atomic E-state index is -0.721. The normalized spacial score (nSPS) is 17.5. The lowest BCUT2D eigenvalue weighted by molar-refractivity contribution is -0.118. The van der Waals surface area contributed by atoms with Crippen molar-refractivity contribution in [2.24, 2.45) is 10.8 Å². The Morgan fingerprint density at radius 1 is 1.03 bits per heavy atom. The molecule has 37 heavy (non-hydrogen) atoms. The van der Waals surface area contributed by atoms with Gasteiger partial charge in [0.05, 0.1) is 18.4 Å². The SMILES string of the molecule is NC(=O)Cn1cc(-c2nc(N3CCN(C(=O)N4N=CCC4c4cc(F)cc(F)c4)CC3)ncc2F)cn1. The number of urea groups is 1. The number of nitrogens with zero attached hydrogens (tertiary/aromatic N) is 8. The molecule has 14 heteroatoms. The second-order valence-electron chi connectivity index (χ2n) is 8.61. The van der Waals surface area contributed by atoms with Gasteiger partial charge in [-0.05, 0) is 17.7 Å². The average molecular weight is 513 g/mol. The van der Waals surface area contributed by atoms with Crippen LogP contribution in [0, 0.1) is 17.5 Å². The van der Waals surface area contributed by atoms with E-state index in [-0.39, 0.29) is 24.2 Å². The summed E-state index contributed by atoms with van der Waals surface area (Å²) in [5, 5.41) is 9.37. The fourth-order valence-electron chi connectivity index (χ4n) is 4.33. The van der Waals surface area contributed by atoms with E-state index >= 15 is 0 Å². The molecule has 0 aliphatic carbocycles. The maximum absolute atomic E-state index is 14.5. The number of piperazine rings is 1. The molecule has 192 valence electrons. The highest BCUT2D eigenvalue weighted by molar-refractivity contribution is 5.79. The first-order valence-corrected chi connectivity index (χ1v) is 11.4. The lowest BCUT2D eigenvalue weighted by atomic mass is 10.0. The third-order valence-corrected chi connectivity index (χ3v) is 6.08. The van der Waals surface area contributed by atoms with E-state index in [4.69, 9.17) is 5.73 Å². The monoisotopic (exact) mass is 513 g/mol. The molecule has 2 aromatic heterocycles. The number of hydrogen-bond acceptors (Lipinski definition) is 7. The predicted molar refractivity (Wildman–Crippen MR) is 126 cm³/mol. The highest BCUT2D eigenvalue weighted by Gasteiger charge is 2.34. The lowest BCUT2D eigenvalue weighted by Crippen LogP contribution is -2.52. The number of carbonyl (C=O) groups is 2. The number of aromatic nitrogens is 4. The molecule has 1 unspecified atom stereocenters. The molecule has 0 saturated carbocycles.